The summed E-state index contributed by atoms with van der Waals surface area (Å²) < 4.78 is 0. The molecule has 0 atom stereocenters. The van der Waals surface area contributed by atoms with Gasteiger partial charge in [-0.1, -0.05) is 54.7 Å². The molecule has 0 spiro atoms. The largest absolute Gasteiger partial charge is 0.0844 e. The van der Waals surface area contributed by atoms with Gasteiger partial charge in [0.05, 0.1) is 0 Å². The van der Waals surface area contributed by atoms with Crippen LogP contribution in [0.4, 0.5) is 0 Å². The van der Waals surface area contributed by atoms with Crippen molar-refractivity contribution in [1.29, 1.82) is 0 Å². The molecule has 0 bridgehead atoms. The molecule has 0 N–H and O–H groups in total. The summed E-state index contributed by atoms with van der Waals surface area (Å²) >= 11 is 0. The monoisotopic (exact) mass is 171 g/mol. The van der Waals surface area contributed by atoms with Gasteiger partial charge in [-0.3, -0.25) is 0 Å². The van der Waals surface area contributed by atoms with Gasteiger partial charge in [-0.2, -0.15) is 0 Å². The molecule has 0 fully saturated rings. The Hall–Kier alpha value is -1.30. The van der Waals surface area contributed by atoms with Crippen molar-refractivity contribution in [1.82, 2.24) is 0 Å². The van der Waals surface area contributed by atoms with Crippen LogP contribution in [0, 0.1) is 6.08 Å². The lowest BCUT2D eigenvalue weighted by Gasteiger charge is -1.80. The van der Waals surface area contributed by atoms with Gasteiger partial charge in [0, 0.05) is 0 Å². The van der Waals surface area contributed by atoms with Crippen LogP contribution in [0.1, 0.15) is 19.3 Å². The molecular formula is C13H15. The summed E-state index contributed by atoms with van der Waals surface area (Å²) in [5.41, 5.74) is 0. The topological polar surface area (TPSA) is 0 Å². The Kier molecular flexibility index (Phi) is 5.54. The molecule has 0 aromatic carbocycles. The fourth-order valence-electron chi connectivity index (χ4n) is 1.00. The second-order valence-electron chi connectivity index (χ2n) is 2.81. The van der Waals surface area contributed by atoms with Gasteiger partial charge >= 0.3 is 0 Å². The smallest absolute Gasteiger partial charge is 0.0157 e. The van der Waals surface area contributed by atoms with Gasteiger partial charge in [0.25, 0.3) is 0 Å². The van der Waals surface area contributed by atoms with E-state index in [0.717, 1.165) is 19.3 Å². The first-order chi connectivity index (χ1) is 6.50. The second kappa shape index (κ2) is 7.35. The molecule has 1 aliphatic carbocycles. The van der Waals surface area contributed by atoms with Gasteiger partial charge < -0.3 is 0 Å². The van der Waals surface area contributed by atoms with Crippen molar-refractivity contribution >= 4 is 0 Å². The highest BCUT2D eigenvalue weighted by Gasteiger charge is 1.74. The first-order valence-corrected chi connectivity index (χ1v) is 4.69. The fraction of sp³-hybridized carbons (Fsp3) is 0.231. The quantitative estimate of drug-likeness (QED) is 0.487. The Labute approximate surface area is 80.7 Å². The summed E-state index contributed by atoms with van der Waals surface area (Å²) in [6, 6.07) is 0. The van der Waals surface area contributed by atoms with Crippen LogP contribution in [-0.2, 0) is 0 Å². The van der Waals surface area contributed by atoms with Crippen LogP contribution in [0.5, 0.6) is 0 Å². The minimum atomic E-state index is 0.960. The number of hydrogen-bond donors (Lipinski definition) is 0. The van der Waals surface area contributed by atoms with Gasteiger partial charge in [-0.25, -0.2) is 0 Å². The summed E-state index contributed by atoms with van der Waals surface area (Å²) in [6.45, 7) is 0. The van der Waals surface area contributed by atoms with Crippen LogP contribution in [0.15, 0.2) is 54.7 Å². The zero-order chi connectivity index (χ0) is 9.19. The average molecular weight is 171 g/mol. The molecule has 0 aromatic heterocycles. The van der Waals surface area contributed by atoms with Crippen molar-refractivity contribution < 1.29 is 0 Å². The summed E-state index contributed by atoms with van der Waals surface area (Å²) in [4.78, 5) is 0. The molecule has 67 valence electrons. The molecular weight excluding hydrogens is 156 g/mol. The Morgan fingerprint density at radius 1 is 0.692 bits per heavy atom. The van der Waals surface area contributed by atoms with Crippen LogP contribution in [0.2, 0.25) is 0 Å². The normalized spacial score (nSPS) is 30.2. The second-order valence-corrected chi connectivity index (χ2v) is 2.81. The summed E-state index contributed by atoms with van der Waals surface area (Å²) in [5, 5.41) is 0. The molecule has 0 heterocycles. The molecule has 0 unspecified atom stereocenters. The highest BCUT2D eigenvalue weighted by molar-refractivity contribution is 5.09. The van der Waals surface area contributed by atoms with Crippen LogP contribution in [0.3, 0.4) is 0 Å². The van der Waals surface area contributed by atoms with E-state index in [4.69, 9.17) is 0 Å². The number of allylic oxidation sites excluding steroid dienone is 10. The van der Waals surface area contributed by atoms with E-state index in [9.17, 15) is 0 Å². The Morgan fingerprint density at radius 2 is 1.38 bits per heavy atom. The average Bonchev–Trinajstić information content (AvgIpc) is 2.18. The highest BCUT2D eigenvalue weighted by atomic mass is 13.8. The van der Waals surface area contributed by atoms with Crippen molar-refractivity contribution in [2.24, 2.45) is 0 Å². The van der Waals surface area contributed by atoms with Crippen molar-refractivity contribution in [3.63, 3.8) is 0 Å². The maximum atomic E-state index is 3.11. The Balaban J connectivity index is 2.49. The minimum Gasteiger partial charge on any atom is -0.0844 e. The zero-order valence-corrected chi connectivity index (χ0v) is 7.82. The Bertz CT molecular complexity index is 223. The third-order valence-corrected chi connectivity index (χ3v) is 1.68. The molecule has 1 aliphatic rings. The van der Waals surface area contributed by atoms with Crippen molar-refractivity contribution in [3.05, 3.63) is 60.8 Å². The van der Waals surface area contributed by atoms with Crippen LogP contribution < -0.4 is 0 Å². The van der Waals surface area contributed by atoms with E-state index in [0.29, 0.717) is 0 Å². The molecule has 0 amide bonds. The van der Waals surface area contributed by atoms with E-state index in [1.807, 2.05) is 12.2 Å². The van der Waals surface area contributed by atoms with E-state index in [-0.39, 0.29) is 0 Å². The maximum absolute atomic E-state index is 3.11. The summed E-state index contributed by atoms with van der Waals surface area (Å²) in [7, 11) is 0. The lowest BCUT2D eigenvalue weighted by atomic mass is 10.3. The predicted octanol–water partition coefficient (Wildman–Crippen LogP) is 3.75. The summed E-state index contributed by atoms with van der Waals surface area (Å²) in [6.07, 6.45) is 25.0. The van der Waals surface area contributed by atoms with E-state index in [1.54, 1.807) is 0 Å². The minimum absolute atomic E-state index is 0.960. The lowest BCUT2D eigenvalue weighted by Crippen LogP contribution is -1.60. The van der Waals surface area contributed by atoms with Gasteiger partial charge in [0.2, 0.25) is 0 Å². The predicted molar refractivity (Wildman–Crippen MR) is 58.2 cm³/mol. The van der Waals surface area contributed by atoms with Crippen molar-refractivity contribution in [2.45, 2.75) is 19.3 Å². The first-order valence-electron chi connectivity index (χ1n) is 4.69. The van der Waals surface area contributed by atoms with E-state index in [2.05, 4.69) is 48.6 Å². The lowest BCUT2D eigenvalue weighted by molar-refractivity contribution is 1.31. The highest BCUT2D eigenvalue weighted by Crippen LogP contribution is 1.94. The fourth-order valence-corrected chi connectivity index (χ4v) is 1.00. The standard InChI is InChI=1S/C13H15/c1-2-4-6-8-10-12-13-11-9-7-5-3-1/h1-4,7-9,12-13H,5-6,11H2/b3-1-,4-2+,9-7-,10-8?,13-12+. The van der Waals surface area contributed by atoms with Crippen molar-refractivity contribution in [3.8, 4) is 0 Å². The first kappa shape index (κ1) is 9.79. The molecule has 0 nitrogen and oxygen atoms in total. The zero-order valence-electron chi connectivity index (χ0n) is 7.82. The van der Waals surface area contributed by atoms with Gasteiger partial charge in [-0.15, -0.1) is 0 Å². The number of rotatable bonds is 0. The van der Waals surface area contributed by atoms with E-state index < -0.39 is 0 Å². The van der Waals surface area contributed by atoms with Crippen LogP contribution in [-0.4, -0.2) is 0 Å². The van der Waals surface area contributed by atoms with E-state index >= 15 is 0 Å². The van der Waals surface area contributed by atoms with Gasteiger partial charge in [0.1, 0.15) is 0 Å². The van der Waals surface area contributed by atoms with E-state index in [1.165, 1.54) is 0 Å². The maximum Gasteiger partial charge on any atom is -0.0157 e. The van der Waals surface area contributed by atoms with Crippen LogP contribution >= 0.6 is 0 Å². The van der Waals surface area contributed by atoms with Crippen molar-refractivity contribution in [2.75, 3.05) is 0 Å². The number of hydrogen-bond acceptors (Lipinski definition) is 0. The molecule has 0 aliphatic heterocycles. The molecule has 0 saturated heterocycles. The Morgan fingerprint density at radius 3 is 2.23 bits per heavy atom. The molecule has 1 radical (unpaired) electrons. The van der Waals surface area contributed by atoms with Gasteiger partial charge in [0.15, 0.2) is 0 Å². The molecule has 1 rings (SSSR count). The SMILES string of the molecule is [C]1=C/C/C=C/C=C\C/C=C\C/C=C/1. The third-order valence-electron chi connectivity index (χ3n) is 1.68. The summed E-state index contributed by atoms with van der Waals surface area (Å²) in [5.74, 6) is 0. The molecule has 13 heavy (non-hydrogen) atoms. The molecule has 0 saturated carbocycles. The molecule has 0 aromatic rings. The van der Waals surface area contributed by atoms with Gasteiger partial charge in [-0.05, 0) is 25.3 Å². The molecule has 0 heteroatoms. The third kappa shape index (κ3) is 5.92. The van der Waals surface area contributed by atoms with Crippen LogP contribution in [0.25, 0.3) is 0 Å².